The topological polar surface area (TPSA) is 20.2 Å². The predicted molar refractivity (Wildman–Crippen MR) is 56.6 cm³/mol. The monoisotopic (exact) mass is 248 g/mol. The van der Waals surface area contributed by atoms with Gasteiger partial charge in [-0.3, -0.25) is 0 Å². The normalized spacial score (nSPS) is 16.0. The van der Waals surface area contributed by atoms with Gasteiger partial charge >= 0.3 is 0 Å². The molecule has 3 heteroatoms. The van der Waals surface area contributed by atoms with Gasteiger partial charge in [-0.25, -0.2) is 0 Å². The first-order chi connectivity index (χ1) is 5.59. The highest BCUT2D eigenvalue weighted by molar-refractivity contribution is 9.11. The van der Waals surface area contributed by atoms with Crippen molar-refractivity contribution in [1.29, 1.82) is 0 Å². The Balaban J connectivity index is 2.52. The summed E-state index contributed by atoms with van der Waals surface area (Å²) in [5.74, 6) is 0.343. The molecule has 0 aromatic carbocycles. The Labute approximate surface area is 85.6 Å². The first-order valence-corrected chi connectivity index (χ1v) is 5.63. The van der Waals surface area contributed by atoms with Crippen molar-refractivity contribution in [1.82, 2.24) is 0 Å². The van der Waals surface area contributed by atoms with E-state index in [0.29, 0.717) is 5.92 Å². The molecule has 1 aromatic rings. The zero-order valence-corrected chi connectivity index (χ0v) is 9.65. The summed E-state index contributed by atoms with van der Waals surface area (Å²) in [6.45, 7) is 3.91. The second-order valence-electron chi connectivity index (χ2n) is 3.13. The highest BCUT2D eigenvalue weighted by Crippen LogP contribution is 2.24. The summed E-state index contributed by atoms with van der Waals surface area (Å²) in [7, 11) is 0. The molecule has 0 fully saturated rings. The zero-order valence-electron chi connectivity index (χ0n) is 7.25. The van der Waals surface area contributed by atoms with Gasteiger partial charge in [0.1, 0.15) is 0 Å². The predicted octanol–water partition coefficient (Wildman–Crippen LogP) is 3.07. The number of thiophene rings is 1. The van der Waals surface area contributed by atoms with Crippen LogP contribution in [0.25, 0.3) is 0 Å². The molecular formula is C9H13BrOS. The van der Waals surface area contributed by atoms with Crippen LogP contribution < -0.4 is 0 Å². The summed E-state index contributed by atoms with van der Waals surface area (Å²) in [5, 5.41) is 9.28. The van der Waals surface area contributed by atoms with Crippen LogP contribution in [0.3, 0.4) is 0 Å². The van der Waals surface area contributed by atoms with Gasteiger partial charge in [0.25, 0.3) is 0 Å². The van der Waals surface area contributed by atoms with E-state index in [1.165, 1.54) is 4.88 Å². The molecule has 0 bridgehead atoms. The molecular weight excluding hydrogens is 236 g/mol. The van der Waals surface area contributed by atoms with Crippen molar-refractivity contribution in [2.45, 2.75) is 26.4 Å². The summed E-state index contributed by atoms with van der Waals surface area (Å²) in [4.78, 5) is 1.33. The molecule has 0 aliphatic heterocycles. The van der Waals surface area contributed by atoms with Gasteiger partial charge in [-0.15, -0.1) is 11.3 Å². The average molecular weight is 249 g/mol. The van der Waals surface area contributed by atoms with E-state index >= 15 is 0 Å². The maximum absolute atomic E-state index is 9.28. The Morgan fingerprint density at radius 1 is 1.50 bits per heavy atom. The highest BCUT2D eigenvalue weighted by Gasteiger charge is 2.10. The molecule has 1 N–H and O–H groups in total. The van der Waals surface area contributed by atoms with E-state index in [4.69, 9.17) is 0 Å². The van der Waals surface area contributed by atoms with Crippen molar-refractivity contribution in [3.8, 4) is 0 Å². The van der Waals surface area contributed by atoms with E-state index in [9.17, 15) is 5.11 Å². The molecule has 1 heterocycles. The third-order valence-electron chi connectivity index (χ3n) is 1.98. The van der Waals surface area contributed by atoms with Crippen LogP contribution in [-0.2, 0) is 6.42 Å². The molecule has 68 valence electrons. The summed E-state index contributed by atoms with van der Waals surface area (Å²) in [6, 6.07) is 4.16. The Bertz CT molecular complexity index is 244. The van der Waals surface area contributed by atoms with Crippen molar-refractivity contribution >= 4 is 27.3 Å². The molecule has 12 heavy (non-hydrogen) atoms. The number of rotatable bonds is 3. The van der Waals surface area contributed by atoms with Crippen molar-refractivity contribution in [2.75, 3.05) is 0 Å². The molecule has 0 aliphatic carbocycles. The fourth-order valence-electron chi connectivity index (χ4n) is 0.949. The Morgan fingerprint density at radius 2 is 2.17 bits per heavy atom. The molecule has 1 nitrogen and oxygen atoms in total. The van der Waals surface area contributed by atoms with Crippen LogP contribution in [0.2, 0.25) is 0 Å². The lowest BCUT2D eigenvalue weighted by molar-refractivity contribution is 0.135. The molecule has 0 amide bonds. The third-order valence-corrected chi connectivity index (χ3v) is 3.62. The van der Waals surface area contributed by atoms with E-state index in [1.807, 2.05) is 6.92 Å². The van der Waals surface area contributed by atoms with Crippen LogP contribution in [0, 0.1) is 5.92 Å². The minimum absolute atomic E-state index is 0.217. The van der Waals surface area contributed by atoms with Crippen LogP contribution >= 0.6 is 27.3 Å². The lowest BCUT2D eigenvalue weighted by atomic mass is 10.0. The third kappa shape index (κ3) is 2.88. The lowest BCUT2D eigenvalue weighted by Crippen LogP contribution is -2.14. The molecule has 0 spiro atoms. The average Bonchev–Trinajstić information content (AvgIpc) is 2.35. The lowest BCUT2D eigenvalue weighted by Gasteiger charge is -2.12. The smallest absolute Gasteiger partial charge is 0.0701 e. The minimum Gasteiger partial charge on any atom is -0.393 e. The van der Waals surface area contributed by atoms with E-state index in [0.717, 1.165) is 10.2 Å². The minimum atomic E-state index is -0.217. The van der Waals surface area contributed by atoms with Crippen molar-refractivity contribution < 1.29 is 5.11 Å². The summed E-state index contributed by atoms with van der Waals surface area (Å²) in [5.41, 5.74) is 0. The van der Waals surface area contributed by atoms with Gasteiger partial charge in [0.05, 0.1) is 9.89 Å². The standard InChI is InChI=1S/C9H13BrOS/c1-6(7(2)11)5-8-3-4-9(10)12-8/h3-4,6-7,11H,5H2,1-2H3. The molecule has 0 aliphatic rings. The van der Waals surface area contributed by atoms with E-state index in [-0.39, 0.29) is 6.10 Å². The first-order valence-electron chi connectivity index (χ1n) is 4.02. The molecule has 2 unspecified atom stereocenters. The zero-order chi connectivity index (χ0) is 9.14. The Hall–Kier alpha value is 0.140. The number of halogens is 1. The molecule has 2 atom stereocenters. The number of hydrogen-bond acceptors (Lipinski definition) is 2. The SMILES string of the molecule is CC(O)C(C)Cc1ccc(Br)s1. The summed E-state index contributed by atoms with van der Waals surface area (Å²) < 4.78 is 1.16. The number of hydrogen-bond donors (Lipinski definition) is 1. The highest BCUT2D eigenvalue weighted by atomic mass is 79.9. The van der Waals surface area contributed by atoms with E-state index < -0.39 is 0 Å². The molecule has 0 saturated carbocycles. The fourth-order valence-corrected chi connectivity index (χ4v) is 2.57. The second-order valence-corrected chi connectivity index (χ2v) is 5.68. The van der Waals surface area contributed by atoms with Gasteiger partial charge in [0, 0.05) is 4.88 Å². The van der Waals surface area contributed by atoms with Gasteiger partial charge in [0.2, 0.25) is 0 Å². The molecule has 1 rings (SSSR count). The number of aliphatic hydroxyl groups excluding tert-OH is 1. The molecule has 0 radical (unpaired) electrons. The molecule has 1 aromatic heterocycles. The number of aliphatic hydroxyl groups is 1. The van der Waals surface area contributed by atoms with Gasteiger partial charge < -0.3 is 5.11 Å². The van der Waals surface area contributed by atoms with Crippen LogP contribution in [0.4, 0.5) is 0 Å². The van der Waals surface area contributed by atoms with Crippen LogP contribution in [-0.4, -0.2) is 11.2 Å². The Morgan fingerprint density at radius 3 is 2.58 bits per heavy atom. The van der Waals surface area contributed by atoms with Crippen molar-refractivity contribution in [3.63, 3.8) is 0 Å². The Kier molecular flexibility index (Phi) is 3.75. The first kappa shape index (κ1) is 10.2. The summed E-state index contributed by atoms with van der Waals surface area (Å²) in [6.07, 6.45) is 0.749. The second kappa shape index (κ2) is 4.40. The van der Waals surface area contributed by atoms with Gasteiger partial charge in [-0.1, -0.05) is 6.92 Å². The van der Waals surface area contributed by atoms with Crippen LogP contribution in [0.5, 0.6) is 0 Å². The fraction of sp³-hybridized carbons (Fsp3) is 0.556. The quantitative estimate of drug-likeness (QED) is 0.872. The van der Waals surface area contributed by atoms with Gasteiger partial charge in [-0.05, 0) is 47.3 Å². The van der Waals surface area contributed by atoms with Crippen LogP contribution in [0.15, 0.2) is 15.9 Å². The van der Waals surface area contributed by atoms with Gasteiger partial charge in [-0.2, -0.15) is 0 Å². The van der Waals surface area contributed by atoms with Crippen molar-refractivity contribution in [3.05, 3.63) is 20.8 Å². The summed E-state index contributed by atoms with van der Waals surface area (Å²) >= 11 is 5.15. The van der Waals surface area contributed by atoms with Crippen LogP contribution in [0.1, 0.15) is 18.7 Å². The maximum atomic E-state index is 9.28. The van der Waals surface area contributed by atoms with E-state index in [1.54, 1.807) is 11.3 Å². The maximum Gasteiger partial charge on any atom is 0.0701 e. The van der Waals surface area contributed by atoms with Crippen molar-refractivity contribution in [2.24, 2.45) is 5.92 Å². The van der Waals surface area contributed by atoms with Gasteiger partial charge in [0.15, 0.2) is 0 Å². The molecule has 0 saturated heterocycles. The largest absolute Gasteiger partial charge is 0.393 e. The van der Waals surface area contributed by atoms with E-state index in [2.05, 4.69) is 35.0 Å².